The molecule has 27 heavy (non-hydrogen) atoms. The van der Waals surface area contributed by atoms with E-state index in [2.05, 4.69) is 26.0 Å². The molecule has 4 heteroatoms. The van der Waals surface area contributed by atoms with E-state index in [4.69, 9.17) is 9.47 Å². The first kappa shape index (κ1) is 18.5. The van der Waals surface area contributed by atoms with Crippen LogP contribution in [0.3, 0.4) is 0 Å². The van der Waals surface area contributed by atoms with Crippen LogP contribution in [0, 0.1) is 22.7 Å². The van der Waals surface area contributed by atoms with Crippen LogP contribution in [-0.2, 0) is 19.1 Å². The zero-order valence-electron chi connectivity index (χ0n) is 16.8. The highest BCUT2D eigenvalue weighted by Crippen LogP contribution is 2.63. The maximum atomic E-state index is 11.5. The van der Waals surface area contributed by atoms with Gasteiger partial charge in [0.2, 0.25) is 0 Å². The largest absolute Gasteiger partial charge is 0.462 e. The molecule has 0 aromatic rings. The molecule has 0 aromatic heterocycles. The molecule has 0 spiro atoms. The minimum Gasteiger partial charge on any atom is -0.462 e. The van der Waals surface area contributed by atoms with E-state index in [1.165, 1.54) is 25.0 Å². The van der Waals surface area contributed by atoms with Crippen LogP contribution in [0.2, 0.25) is 0 Å². The van der Waals surface area contributed by atoms with Gasteiger partial charge in [-0.15, -0.1) is 0 Å². The molecule has 5 atom stereocenters. The standard InChI is InChI=1S/C23H30O4/c1-14(24)26-17-9-11-22(3)16(13-17)5-6-18-19-7-8-21(27-15(2)25)23(19,4)12-10-20(18)22/h5,7-8,17-18,20H,6,9-13H2,1-4H3. The van der Waals surface area contributed by atoms with E-state index in [-0.39, 0.29) is 28.9 Å². The maximum Gasteiger partial charge on any atom is 0.307 e. The lowest BCUT2D eigenvalue weighted by Gasteiger charge is -2.55. The summed E-state index contributed by atoms with van der Waals surface area (Å²) in [5.41, 5.74) is 2.97. The van der Waals surface area contributed by atoms with Crippen molar-refractivity contribution in [2.75, 3.05) is 0 Å². The lowest BCUT2D eigenvalue weighted by Crippen LogP contribution is -2.47. The van der Waals surface area contributed by atoms with E-state index in [9.17, 15) is 9.59 Å². The van der Waals surface area contributed by atoms with Gasteiger partial charge in [-0.25, -0.2) is 0 Å². The lowest BCUT2D eigenvalue weighted by molar-refractivity contribution is -0.148. The third kappa shape index (κ3) is 2.88. The lowest BCUT2D eigenvalue weighted by atomic mass is 9.49. The molecule has 4 rings (SSSR count). The summed E-state index contributed by atoms with van der Waals surface area (Å²) in [4.78, 5) is 22.9. The number of esters is 2. The van der Waals surface area contributed by atoms with E-state index in [0.717, 1.165) is 44.3 Å². The molecule has 0 heterocycles. The summed E-state index contributed by atoms with van der Waals surface area (Å²) in [5.74, 6) is 1.53. The predicted octanol–water partition coefficient (Wildman–Crippen LogP) is 4.86. The van der Waals surface area contributed by atoms with Crippen molar-refractivity contribution in [3.63, 3.8) is 0 Å². The van der Waals surface area contributed by atoms with Crippen LogP contribution in [0.15, 0.2) is 35.1 Å². The van der Waals surface area contributed by atoms with Gasteiger partial charge in [0.15, 0.2) is 0 Å². The normalized spacial score (nSPS) is 39.9. The van der Waals surface area contributed by atoms with Crippen LogP contribution in [0.25, 0.3) is 0 Å². The number of hydrogen-bond donors (Lipinski definition) is 0. The Morgan fingerprint density at radius 3 is 2.56 bits per heavy atom. The Kier molecular flexibility index (Phi) is 4.36. The highest BCUT2D eigenvalue weighted by molar-refractivity contribution is 5.68. The third-order valence-electron chi connectivity index (χ3n) is 7.63. The van der Waals surface area contributed by atoms with Gasteiger partial charge in [0, 0.05) is 25.7 Å². The molecule has 0 radical (unpaired) electrons. The zero-order valence-corrected chi connectivity index (χ0v) is 16.8. The molecule has 2 fully saturated rings. The molecule has 146 valence electrons. The molecule has 5 unspecified atom stereocenters. The molecule has 4 aliphatic carbocycles. The average Bonchev–Trinajstić information content (AvgIpc) is 2.91. The van der Waals surface area contributed by atoms with E-state index in [1.54, 1.807) is 0 Å². The first-order valence-corrected chi connectivity index (χ1v) is 10.2. The average molecular weight is 370 g/mol. The Morgan fingerprint density at radius 1 is 1.07 bits per heavy atom. The Bertz CT molecular complexity index is 773. The van der Waals surface area contributed by atoms with Gasteiger partial charge in [-0.3, -0.25) is 9.59 Å². The molecule has 0 amide bonds. The van der Waals surface area contributed by atoms with Gasteiger partial charge in [-0.05, 0) is 62.4 Å². The molecule has 4 nitrogen and oxygen atoms in total. The molecule has 0 N–H and O–H groups in total. The van der Waals surface area contributed by atoms with Crippen molar-refractivity contribution in [1.29, 1.82) is 0 Å². The van der Waals surface area contributed by atoms with Crippen LogP contribution in [0.4, 0.5) is 0 Å². The number of hydrogen-bond acceptors (Lipinski definition) is 4. The van der Waals surface area contributed by atoms with Crippen LogP contribution in [-0.4, -0.2) is 18.0 Å². The summed E-state index contributed by atoms with van der Waals surface area (Å²) in [6, 6.07) is 0. The predicted molar refractivity (Wildman–Crippen MR) is 102 cm³/mol. The van der Waals surface area contributed by atoms with Crippen LogP contribution < -0.4 is 0 Å². The van der Waals surface area contributed by atoms with E-state index in [0.29, 0.717) is 11.8 Å². The first-order chi connectivity index (χ1) is 12.7. The highest BCUT2D eigenvalue weighted by Gasteiger charge is 2.55. The molecule has 2 saturated carbocycles. The summed E-state index contributed by atoms with van der Waals surface area (Å²) < 4.78 is 11.1. The number of fused-ring (bicyclic) bond motifs is 5. The summed E-state index contributed by atoms with van der Waals surface area (Å²) in [6.07, 6.45) is 12.8. The van der Waals surface area contributed by atoms with E-state index < -0.39 is 0 Å². The van der Waals surface area contributed by atoms with Crippen molar-refractivity contribution < 1.29 is 19.1 Å². The Hall–Kier alpha value is -1.84. The molecular weight excluding hydrogens is 340 g/mol. The molecule has 4 aliphatic rings. The minimum atomic E-state index is -0.235. The second-order valence-corrected chi connectivity index (χ2v) is 9.19. The zero-order chi connectivity index (χ0) is 19.4. The number of carbonyl (C=O) groups is 2. The molecule has 0 aromatic carbocycles. The molecule has 0 saturated heterocycles. The van der Waals surface area contributed by atoms with Crippen molar-refractivity contribution in [3.05, 3.63) is 35.1 Å². The number of carbonyl (C=O) groups excluding carboxylic acids is 2. The fourth-order valence-electron chi connectivity index (χ4n) is 6.24. The topological polar surface area (TPSA) is 52.6 Å². The first-order valence-electron chi connectivity index (χ1n) is 10.2. The van der Waals surface area contributed by atoms with Crippen molar-refractivity contribution >= 4 is 11.9 Å². The van der Waals surface area contributed by atoms with Gasteiger partial charge >= 0.3 is 11.9 Å². The van der Waals surface area contributed by atoms with E-state index >= 15 is 0 Å². The van der Waals surface area contributed by atoms with E-state index in [1.807, 2.05) is 6.08 Å². The van der Waals surface area contributed by atoms with Crippen molar-refractivity contribution in [1.82, 2.24) is 0 Å². The molecule has 0 aliphatic heterocycles. The van der Waals surface area contributed by atoms with Gasteiger partial charge in [0.1, 0.15) is 11.9 Å². The fourth-order valence-corrected chi connectivity index (χ4v) is 6.24. The highest BCUT2D eigenvalue weighted by atomic mass is 16.5. The smallest absolute Gasteiger partial charge is 0.307 e. The third-order valence-corrected chi connectivity index (χ3v) is 7.63. The van der Waals surface area contributed by atoms with Gasteiger partial charge in [0.05, 0.1) is 0 Å². The second-order valence-electron chi connectivity index (χ2n) is 9.19. The maximum absolute atomic E-state index is 11.5. The number of rotatable bonds is 2. The Balaban J connectivity index is 1.58. The minimum absolute atomic E-state index is 0.0372. The Labute approximate surface area is 161 Å². The monoisotopic (exact) mass is 370 g/mol. The van der Waals surface area contributed by atoms with Gasteiger partial charge in [0.25, 0.3) is 0 Å². The summed E-state index contributed by atoms with van der Waals surface area (Å²) in [5, 5.41) is 0. The van der Waals surface area contributed by atoms with Crippen molar-refractivity contribution in [2.45, 2.75) is 72.3 Å². The SMILES string of the molecule is CC(=O)OC1=CC=C2C3CC=C4CC(OC(C)=O)CCC4(C)C3CCC12C. The molecular formula is C23H30O4. The van der Waals surface area contributed by atoms with Gasteiger partial charge in [-0.2, -0.15) is 0 Å². The van der Waals surface area contributed by atoms with Crippen LogP contribution in [0.1, 0.15) is 66.2 Å². The number of ether oxygens (including phenoxy) is 2. The molecule has 0 bridgehead atoms. The van der Waals surface area contributed by atoms with Crippen LogP contribution >= 0.6 is 0 Å². The summed E-state index contributed by atoms with van der Waals surface area (Å²) in [6.45, 7) is 7.63. The quantitative estimate of drug-likeness (QED) is 0.515. The second kappa shape index (κ2) is 6.35. The van der Waals surface area contributed by atoms with Crippen molar-refractivity contribution in [2.24, 2.45) is 22.7 Å². The summed E-state index contributed by atoms with van der Waals surface area (Å²) >= 11 is 0. The summed E-state index contributed by atoms with van der Waals surface area (Å²) in [7, 11) is 0. The van der Waals surface area contributed by atoms with Gasteiger partial charge < -0.3 is 9.47 Å². The van der Waals surface area contributed by atoms with Crippen LogP contribution in [0.5, 0.6) is 0 Å². The van der Waals surface area contributed by atoms with Gasteiger partial charge in [-0.1, -0.05) is 30.2 Å². The number of allylic oxidation sites excluding steroid dienone is 4. The van der Waals surface area contributed by atoms with Crippen molar-refractivity contribution in [3.8, 4) is 0 Å². The fraction of sp³-hybridized carbons (Fsp3) is 0.652. The Morgan fingerprint density at radius 2 is 1.85 bits per heavy atom.